The summed E-state index contributed by atoms with van der Waals surface area (Å²) in [5, 5.41) is 4.50. The van der Waals surface area contributed by atoms with Crippen LogP contribution in [0.5, 0.6) is 0 Å². The maximum Gasteiger partial charge on any atom is 0.411 e. The van der Waals surface area contributed by atoms with Gasteiger partial charge in [-0.25, -0.2) is 14.6 Å². The van der Waals surface area contributed by atoms with Crippen molar-refractivity contribution in [1.29, 1.82) is 0 Å². The minimum atomic E-state index is -0.620. The molecule has 128 valence electrons. The van der Waals surface area contributed by atoms with Gasteiger partial charge < -0.3 is 14.9 Å². The first-order chi connectivity index (χ1) is 10.9. The maximum atomic E-state index is 11.8. The number of amides is 1. The molecule has 0 aliphatic heterocycles. The summed E-state index contributed by atoms with van der Waals surface area (Å²) in [4.78, 5) is 23.4. The molecular formula is C16H25N3O4. The normalized spacial score (nSPS) is 10.6. The monoisotopic (exact) mass is 323 g/mol. The highest BCUT2D eigenvalue weighted by atomic mass is 16.5. The molecule has 23 heavy (non-hydrogen) atoms. The third-order valence-corrected chi connectivity index (χ3v) is 2.90. The molecule has 0 saturated heterocycles. The van der Waals surface area contributed by atoms with E-state index in [2.05, 4.69) is 24.6 Å². The van der Waals surface area contributed by atoms with E-state index in [1.54, 1.807) is 25.1 Å². The number of hydrazine groups is 1. The number of carbonyl (C=O) groups excluding carboxylic acids is 2. The molecule has 1 aromatic carbocycles. The van der Waals surface area contributed by atoms with Gasteiger partial charge in [-0.05, 0) is 31.0 Å². The predicted molar refractivity (Wildman–Crippen MR) is 89.5 cm³/mol. The number of anilines is 2. The van der Waals surface area contributed by atoms with Crippen LogP contribution in [-0.2, 0) is 9.47 Å². The van der Waals surface area contributed by atoms with Gasteiger partial charge in [-0.3, -0.25) is 5.32 Å². The van der Waals surface area contributed by atoms with Gasteiger partial charge >= 0.3 is 12.1 Å². The summed E-state index contributed by atoms with van der Waals surface area (Å²) in [7, 11) is 3.21. The van der Waals surface area contributed by atoms with E-state index in [-0.39, 0.29) is 12.2 Å². The summed E-state index contributed by atoms with van der Waals surface area (Å²) in [5.41, 5.74) is 4.53. The number of methoxy groups -OCH3 is 1. The van der Waals surface area contributed by atoms with Crippen LogP contribution in [0, 0.1) is 5.92 Å². The molecule has 0 spiro atoms. The van der Waals surface area contributed by atoms with E-state index in [1.165, 1.54) is 7.11 Å². The zero-order valence-electron chi connectivity index (χ0n) is 14.3. The van der Waals surface area contributed by atoms with Crippen LogP contribution in [-0.4, -0.2) is 44.4 Å². The molecule has 0 aliphatic rings. The molecule has 0 aromatic heterocycles. The van der Waals surface area contributed by atoms with Gasteiger partial charge in [0.05, 0.1) is 30.7 Å². The second-order valence-corrected chi connectivity index (χ2v) is 5.48. The number of ether oxygens (including phenoxy) is 2. The molecule has 2 N–H and O–H groups in total. The molecule has 0 fully saturated rings. The molecule has 7 nitrogen and oxygen atoms in total. The lowest BCUT2D eigenvalue weighted by Crippen LogP contribution is -2.29. The molecule has 0 radical (unpaired) electrons. The fourth-order valence-corrected chi connectivity index (χ4v) is 2.10. The number of carbonyl (C=O) groups is 2. The van der Waals surface area contributed by atoms with Gasteiger partial charge in [-0.2, -0.15) is 0 Å². The molecule has 0 unspecified atom stereocenters. The summed E-state index contributed by atoms with van der Waals surface area (Å²) >= 11 is 0. The van der Waals surface area contributed by atoms with E-state index < -0.39 is 12.1 Å². The number of nitrogens with one attached hydrogen (secondary N) is 2. The van der Waals surface area contributed by atoms with Crippen molar-refractivity contribution >= 4 is 23.4 Å². The van der Waals surface area contributed by atoms with Crippen molar-refractivity contribution in [2.75, 3.05) is 38.1 Å². The Balaban J connectivity index is 2.98. The van der Waals surface area contributed by atoms with Crippen LogP contribution in [0.25, 0.3) is 0 Å². The number of benzene rings is 1. The van der Waals surface area contributed by atoms with E-state index >= 15 is 0 Å². The highest BCUT2D eigenvalue weighted by molar-refractivity contribution is 6.00. The molecule has 1 amide bonds. The van der Waals surface area contributed by atoms with Gasteiger partial charge in [0.1, 0.15) is 0 Å². The quantitative estimate of drug-likeness (QED) is 0.593. The minimum absolute atomic E-state index is 0.245. The molecular weight excluding hydrogens is 298 g/mol. The first kappa shape index (κ1) is 18.8. The van der Waals surface area contributed by atoms with Crippen molar-refractivity contribution in [2.24, 2.45) is 5.92 Å². The molecule has 1 aromatic rings. The lowest BCUT2D eigenvalue weighted by atomic mass is 10.1. The Bertz CT molecular complexity index is 546. The Morgan fingerprint density at radius 2 is 2.00 bits per heavy atom. The van der Waals surface area contributed by atoms with Crippen LogP contribution in [0.2, 0.25) is 0 Å². The second kappa shape index (κ2) is 8.99. The summed E-state index contributed by atoms with van der Waals surface area (Å²) in [6, 6.07) is 5.01. The lowest BCUT2D eigenvalue weighted by Gasteiger charge is -2.22. The third-order valence-electron chi connectivity index (χ3n) is 2.90. The molecule has 0 heterocycles. The fourth-order valence-electron chi connectivity index (χ4n) is 2.10. The second-order valence-electron chi connectivity index (χ2n) is 5.48. The average Bonchev–Trinajstić information content (AvgIpc) is 2.46. The highest BCUT2D eigenvalue weighted by Gasteiger charge is 2.15. The average molecular weight is 323 g/mol. The van der Waals surface area contributed by atoms with E-state index in [0.29, 0.717) is 11.6 Å². The van der Waals surface area contributed by atoms with E-state index in [1.807, 2.05) is 12.1 Å². The Morgan fingerprint density at radius 1 is 1.30 bits per heavy atom. The number of nitrogens with zero attached hydrogens (tertiary/aromatic N) is 1. The zero-order valence-corrected chi connectivity index (χ0v) is 14.3. The lowest BCUT2D eigenvalue weighted by molar-refractivity contribution is 0.0602. The Labute approximate surface area is 136 Å². The van der Waals surface area contributed by atoms with Crippen molar-refractivity contribution in [3.63, 3.8) is 0 Å². The van der Waals surface area contributed by atoms with Crippen LogP contribution in [0.15, 0.2) is 18.2 Å². The molecule has 0 saturated carbocycles. The van der Waals surface area contributed by atoms with Gasteiger partial charge in [0.25, 0.3) is 0 Å². The number of esters is 1. The van der Waals surface area contributed by atoms with E-state index in [4.69, 9.17) is 9.47 Å². The Kier molecular flexibility index (Phi) is 7.34. The fraction of sp³-hybridized carbons (Fsp3) is 0.500. The van der Waals surface area contributed by atoms with Crippen LogP contribution in [0.4, 0.5) is 16.2 Å². The number of hydrogen-bond acceptors (Lipinski definition) is 6. The predicted octanol–water partition coefficient (Wildman–Crippen LogP) is 2.96. The topological polar surface area (TPSA) is 79.9 Å². The molecule has 0 aliphatic carbocycles. The maximum absolute atomic E-state index is 11.8. The largest absolute Gasteiger partial charge is 0.465 e. The van der Waals surface area contributed by atoms with Crippen molar-refractivity contribution in [3.8, 4) is 0 Å². The summed E-state index contributed by atoms with van der Waals surface area (Å²) in [6.45, 7) is 7.03. The van der Waals surface area contributed by atoms with E-state index in [9.17, 15) is 9.59 Å². The highest BCUT2D eigenvalue weighted by Crippen LogP contribution is 2.22. The van der Waals surface area contributed by atoms with Crippen LogP contribution in [0.1, 0.15) is 31.1 Å². The Hall–Kier alpha value is -2.28. The van der Waals surface area contributed by atoms with Crippen LogP contribution >= 0.6 is 0 Å². The zero-order chi connectivity index (χ0) is 17.4. The van der Waals surface area contributed by atoms with Crippen molar-refractivity contribution in [3.05, 3.63) is 23.8 Å². The molecule has 7 heteroatoms. The first-order valence-corrected chi connectivity index (χ1v) is 7.51. The standard InChI is InChI=1S/C16H25N3O4/c1-6-23-16(21)17-14-9-12(18-19(4)10-11(2)3)7-8-13(14)15(20)22-5/h7-9,11,18H,6,10H2,1-5H3,(H,17,21). The van der Waals surface area contributed by atoms with Crippen LogP contribution < -0.4 is 10.7 Å². The number of rotatable bonds is 7. The molecule has 1 rings (SSSR count). The summed E-state index contributed by atoms with van der Waals surface area (Å²) < 4.78 is 9.58. The van der Waals surface area contributed by atoms with Crippen molar-refractivity contribution in [1.82, 2.24) is 5.01 Å². The van der Waals surface area contributed by atoms with Gasteiger partial charge in [0, 0.05) is 13.6 Å². The summed E-state index contributed by atoms with van der Waals surface area (Å²) in [6.07, 6.45) is -0.620. The van der Waals surface area contributed by atoms with E-state index in [0.717, 1.165) is 12.2 Å². The van der Waals surface area contributed by atoms with Crippen molar-refractivity contribution in [2.45, 2.75) is 20.8 Å². The van der Waals surface area contributed by atoms with Gasteiger partial charge in [-0.15, -0.1) is 0 Å². The SMILES string of the molecule is CCOC(=O)Nc1cc(NN(C)CC(C)C)ccc1C(=O)OC. The third kappa shape index (κ3) is 6.15. The summed E-state index contributed by atoms with van der Waals surface area (Å²) in [5.74, 6) is -0.0298. The van der Waals surface area contributed by atoms with Crippen LogP contribution in [0.3, 0.4) is 0 Å². The molecule has 0 bridgehead atoms. The van der Waals surface area contributed by atoms with Gasteiger partial charge in [0.15, 0.2) is 0 Å². The molecule has 0 atom stereocenters. The van der Waals surface area contributed by atoms with Gasteiger partial charge in [0.2, 0.25) is 0 Å². The first-order valence-electron chi connectivity index (χ1n) is 7.51. The minimum Gasteiger partial charge on any atom is -0.465 e. The number of hydrogen-bond donors (Lipinski definition) is 2. The Morgan fingerprint density at radius 3 is 2.57 bits per heavy atom. The van der Waals surface area contributed by atoms with Gasteiger partial charge in [-0.1, -0.05) is 13.8 Å². The smallest absolute Gasteiger partial charge is 0.411 e. The van der Waals surface area contributed by atoms with Crippen molar-refractivity contribution < 1.29 is 19.1 Å².